The molecule has 0 aromatic rings. The third-order valence-electron chi connectivity index (χ3n) is 3.35. The number of ether oxygens (including phenoxy) is 3. The van der Waals surface area contributed by atoms with Gasteiger partial charge in [-0.2, -0.15) is 0 Å². The topological polar surface area (TPSA) is 136 Å². The normalized spacial score (nSPS) is 24.1. The van der Waals surface area contributed by atoms with Crippen molar-refractivity contribution >= 4 is 25.9 Å². The number of nitrogens with one attached hydrogen (secondary N) is 1. The highest BCUT2D eigenvalue weighted by Crippen LogP contribution is 2.57. The molecule has 0 bridgehead atoms. The summed E-state index contributed by atoms with van der Waals surface area (Å²) >= 11 is 0. The number of phosphoric ester groups is 1. The summed E-state index contributed by atoms with van der Waals surface area (Å²) in [5.41, 5.74) is -0.815. The second kappa shape index (κ2) is 10.0. The number of rotatable bonds is 8. The first-order valence-corrected chi connectivity index (χ1v) is 9.70. The second-order valence-corrected chi connectivity index (χ2v) is 8.24. The number of esters is 1. The quantitative estimate of drug-likeness (QED) is 0.357. The van der Waals surface area contributed by atoms with Gasteiger partial charge in [-0.1, -0.05) is 13.8 Å². The monoisotopic (exact) mass is 411 g/mol. The Labute approximate surface area is 157 Å². The molecule has 1 rings (SSSR count). The number of amides is 1. The first kappa shape index (κ1) is 23.4. The fourth-order valence-corrected chi connectivity index (χ4v) is 3.45. The molecule has 11 nitrogen and oxygen atoms in total. The van der Waals surface area contributed by atoms with E-state index in [-0.39, 0.29) is 19.6 Å². The van der Waals surface area contributed by atoms with Crippen LogP contribution in [0.3, 0.4) is 0 Å². The van der Waals surface area contributed by atoms with Crippen LogP contribution in [0.4, 0.5) is 4.79 Å². The van der Waals surface area contributed by atoms with Crippen LogP contribution < -0.4 is 5.32 Å². The standard InChI is InChI=1S/C15H26NO10P/c1-10(2)25-14(19)22-9-24-27(20)23-8-15(3,4)12(26-27)13(18)16-7-6-11(17)21-5/h10,12H,6-9H2,1-5H3,(H,16,18)/t12-,27?/m0/s1. The summed E-state index contributed by atoms with van der Waals surface area (Å²) in [6, 6.07) is 0. The SMILES string of the molecule is COC(=O)CCNC(=O)[C@@H]1OP(=O)(OCOC(=O)OC(C)C)OCC1(C)C. The summed E-state index contributed by atoms with van der Waals surface area (Å²) in [5, 5.41) is 2.50. The third kappa shape index (κ3) is 7.84. The number of methoxy groups -OCH3 is 1. The average Bonchev–Trinajstić information content (AvgIpc) is 2.56. The van der Waals surface area contributed by atoms with E-state index in [0.29, 0.717) is 0 Å². The van der Waals surface area contributed by atoms with Gasteiger partial charge in [0.2, 0.25) is 12.7 Å². The molecule has 0 spiro atoms. The Morgan fingerprint density at radius 3 is 2.56 bits per heavy atom. The van der Waals surface area contributed by atoms with Crippen LogP contribution in [0, 0.1) is 5.41 Å². The van der Waals surface area contributed by atoms with Crippen molar-refractivity contribution in [3.05, 3.63) is 0 Å². The molecule has 1 aliphatic rings. The van der Waals surface area contributed by atoms with Gasteiger partial charge in [0.05, 0.1) is 26.2 Å². The Balaban J connectivity index is 2.59. The molecular formula is C15H26NO10P. The van der Waals surface area contributed by atoms with Gasteiger partial charge in [0.25, 0.3) is 0 Å². The lowest BCUT2D eigenvalue weighted by Crippen LogP contribution is -2.50. The van der Waals surface area contributed by atoms with Gasteiger partial charge < -0.3 is 19.5 Å². The summed E-state index contributed by atoms with van der Waals surface area (Å²) < 4.78 is 41.6. The minimum Gasteiger partial charge on any atom is -0.469 e. The first-order chi connectivity index (χ1) is 12.5. The number of carbonyl (C=O) groups excluding carboxylic acids is 3. The van der Waals surface area contributed by atoms with E-state index in [0.717, 1.165) is 0 Å². The molecule has 1 amide bonds. The van der Waals surface area contributed by atoms with Gasteiger partial charge in [0.1, 0.15) is 0 Å². The maximum atomic E-state index is 12.5. The zero-order valence-corrected chi connectivity index (χ0v) is 16.9. The van der Waals surface area contributed by atoms with E-state index in [1.54, 1.807) is 27.7 Å². The van der Waals surface area contributed by atoms with E-state index in [1.807, 2.05) is 0 Å². The van der Waals surface area contributed by atoms with Gasteiger partial charge in [0.15, 0.2) is 6.10 Å². The zero-order valence-electron chi connectivity index (χ0n) is 16.0. The van der Waals surface area contributed by atoms with Gasteiger partial charge in [-0.25, -0.2) is 13.9 Å². The molecule has 0 saturated carbocycles. The molecule has 156 valence electrons. The molecule has 1 fully saturated rings. The van der Waals surface area contributed by atoms with Crippen molar-refractivity contribution in [2.75, 3.05) is 27.1 Å². The summed E-state index contributed by atoms with van der Waals surface area (Å²) in [7, 11) is -2.90. The van der Waals surface area contributed by atoms with Gasteiger partial charge in [-0.3, -0.25) is 18.6 Å². The highest BCUT2D eigenvalue weighted by Gasteiger charge is 2.49. The van der Waals surface area contributed by atoms with Crippen molar-refractivity contribution in [3.63, 3.8) is 0 Å². The van der Waals surface area contributed by atoms with Gasteiger partial charge >= 0.3 is 19.9 Å². The molecule has 0 aliphatic carbocycles. The van der Waals surface area contributed by atoms with Crippen LogP contribution in [0.25, 0.3) is 0 Å². The van der Waals surface area contributed by atoms with E-state index >= 15 is 0 Å². The predicted octanol–water partition coefficient (Wildman–Crippen LogP) is 1.75. The van der Waals surface area contributed by atoms with E-state index in [4.69, 9.17) is 18.3 Å². The van der Waals surface area contributed by atoms with Crippen molar-refractivity contribution in [2.24, 2.45) is 5.41 Å². The van der Waals surface area contributed by atoms with Crippen LogP contribution in [0.1, 0.15) is 34.1 Å². The molecule has 1 saturated heterocycles. The van der Waals surface area contributed by atoms with E-state index in [2.05, 4.69) is 14.8 Å². The van der Waals surface area contributed by atoms with E-state index < -0.39 is 50.3 Å². The molecule has 0 radical (unpaired) electrons. The predicted molar refractivity (Wildman–Crippen MR) is 90.5 cm³/mol. The summed E-state index contributed by atoms with van der Waals surface area (Å²) in [5.74, 6) is -1.07. The Hall–Kier alpha value is -1.68. The molecule has 1 unspecified atom stereocenters. The molecule has 1 aliphatic heterocycles. The second-order valence-electron chi connectivity index (χ2n) is 6.62. The van der Waals surface area contributed by atoms with E-state index in [1.165, 1.54) is 7.11 Å². The van der Waals surface area contributed by atoms with Gasteiger partial charge in [-0.15, -0.1) is 0 Å². The molecule has 0 aromatic heterocycles. The van der Waals surface area contributed by atoms with Crippen molar-refractivity contribution in [1.82, 2.24) is 5.32 Å². The molecular weight excluding hydrogens is 385 g/mol. The summed E-state index contributed by atoms with van der Waals surface area (Å²) in [6.07, 6.45) is -2.59. The first-order valence-electron chi connectivity index (χ1n) is 8.24. The fourth-order valence-electron chi connectivity index (χ4n) is 1.94. The van der Waals surface area contributed by atoms with Crippen LogP contribution in [0.15, 0.2) is 0 Å². The Kier molecular flexibility index (Phi) is 8.67. The summed E-state index contributed by atoms with van der Waals surface area (Å²) in [6.45, 7) is 5.80. The smallest absolute Gasteiger partial charge is 0.469 e. The molecule has 0 aromatic carbocycles. The fraction of sp³-hybridized carbons (Fsp3) is 0.800. The van der Waals surface area contributed by atoms with Crippen molar-refractivity contribution in [3.8, 4) is 0 Å². The number of hydrogen-bond acceptors (Lipinski definition) is 10. The Bertz CT molecular complexity index is 591. The van der Waals surface area contributed by atoms with Crippen molar-refractivity contribution in [2.45, 2.75) is 46.3 Å². The lowest BCUT2D eigenvalue weighted by Gasteiger charge is -2.39. The lowest BCUT2D eigenvalue weighted by molar-refractivity contribution is -0.144. The van der Waals surface area contributed by atoms with Crippen LogP contribution in [0.2, 0.25) is 0 Å². The van der Waals surface area contributed by atoms with Gasteiger partial charge in [-0.05, 0) is 13.8 Å². The molecule has 1 N–H and O–H groups in total. The maximum Gasteiger partial charge on any atom is 0.510 e. The highest BCUT2D eigenvalue weighted by molar-refractivity contribution is 7.48. The van der Waals surface area contributed by atoms with Crippen LogP contribution >= 0.6 is 7.82 Å². The van der Waals surface area contributed by atoms with Crippen molar-refractivity contribution < 1.29 is 46.7 Å². The van der Waals surface area contributed by atoms with E-state index in [9.17, 15) is 18.9 Å². The lowest BCUT2D eigenvalue weighted by atomic mass is 9.87. The molecule has 2 atom stereocenters. The van der Waals surface area contributed by atoms with Crippen LogP contribution in [0.5, 0.6) is 0 Å². The number of phosphoric acid groups is 1. The Morgan fingerprint density at radius 1 is 1.30 bits per heavy atom. The van der Waals surface area contributed by atoms with Crippen LogP contribution in [-0.4, -0.2) is 57.3 Å². The zero-order chi connectivity index (χ0) is 20.7. The Morgan fingerprint density at radius 2 is 1.96 bits per heavy atom. The average molecular weight is 411 g/mol. The van der Waals surface area contributed by atoms with Crippen molar-refractivity contribution in [1.29, 1.82) is 0 Å². The minimum atomic E-state index is -4.14. The van der Waals surface area contributed by atoms with Crippen LogP contribution in [-0.2, 0) is 41.9 Å². The number of hydrogen-bond donors (Lipinski definition) is 1. The largest absolute Gasteiger partial charge is 0.510 e. The third-order valence-corrected chi connectivity index (χ3v) is 4.69. The number of carbonyl (C=O) groups is 3. The maximum absolute atomic E-state index is 12.5. The highest BCUT2D eigenvalue weighted by atomic mass is 31.2. The van der Waals surface area contributed by atoms with Gasteiger partial charge in [0, 0.05) is 12.0 Å². The molecule has 27 heavy (non-hydrogen) atoms. The molecule has 1 heterocycles. The molecule has 12 heteroatoms. The minimum absolute atomic E-state index is 0.0220. The summed E-state index contributed by atoms with van der Waals surface area (Å²) in [4.78, 5) is 34.7.